The predicted octanol–water partition coefficient (Wildman–Crippen LogP) is 12.0. The van der Waals surface area contributed by atoms with E-state index in [4.69, 9.17) is 0 Å². The molecular formula is C41H59FeP. The van der Waals surface area contributed by atoms with Crippen molar-refractivity contribution in [1.82, 2.24) is 0 Å². The summed E-state index contributed by atoms with van der Waals surface area (Å²) in [7, 11) is -0.530. The monoisotopic (exact) mass is 638 g/mol. The van der Waals surface area contributed by atoms with Crippen LogP contribution in [0.1, 0.15) is 104 Å². The van der Waals surface area contributed by atoms with Gasteiger partial charge in [0.05, 0.1) is 0 Å². The van der Waals surface area contributed by atoms with Gasteiger partial charge in [0.25, 0.3) is 0 Å². The van der Waals surface area contributed by atoms with Crippen molar-refractivity contribution in [2.24, 2.45) is 29.6 Å². The van der Waals surface area contributed by atoms with Crippen LogP contribution < -0.4 is 10.6 Å². The second-order valence-corrected chi connectivity index (χ2v) is 15.0. The molecule has 0 nitrogen and oxygen atoms in total. The number of benzene rings is 2. The van der Waals surface area contributed by atoms with Crippen molar-refractivity contribution >= 4 is 18.5 Å². The van der Waals surface area contributed by atoms with Gasteiger partial charge in [-0.25, -0.2) is 12.7 Å². The van der Waals surface area contributed by atoms with Gasteiger partial charge in [-0.05, 0) is 47.6 Å². The first-order valence-electron chi connectivity index (χ1n) is 16.9. The molecule has 0 bridgehead atoms. The molecular weight excluding hydrogens is 579 g/mol. The van der Waals surface area contributed by atoms with E-state index in [1.165, 1.54) is 87.7 Å². The summed E-state index contributed by atoms with van der Waals surface area (Å²) >= 11 is 0. The SMILES string of the molecule is C=C.C=C[C-]([C@H](C)C(C1CCCCC1)C1CCCCC1)P(c1ccccc1)c1ccccc1.[CH2-]CCC1=C(C)C(C)C1.[Fe+2]. The Bertz CT molecular complexity index is 990. The molecule has 2 saturated carbocycles. The van der Waals surface area contributed by atoms with Crippen LogP contribution in [0, 0.1) is 42.2 Å². The van der Waals surface area contributed by atoms with Gasteiger partial charge < -0.3 is 6.92 Å². The molecule has 1 unspecified atom stereocenters. The molecule has 0 aliphatic heterocycles. The molecule has 0 spiro atoms. The van der Waals surface area contributed by atoms with Crippen LogP contribution in [0.15, 0.2) is 97.6 Å². The minimum atomic E-state index is -0.530. The molecule has 5 rings (SSSR count). The molecule has 0 N–H and O–H groups in total. The van der Waals surface area contributed by atoms with Crippen molar-refractivity contribution in [2.75, 3.05) is 0 Å². The fraction of sp³-hybridized carbons (Fsp3) is 0.512. The van der Waals surface area contributed by atoms with Gasteiger partial charge >= 0.3 is 17.1 Å². The van der Waals surface area contributed by atoms with Gasteiger partial charge in [0.1, 0.15) is 0 Å². The quantitative estimate of drug-likeness (QED) is 0.105. The second-order valence-electron chi connectivity index (χ2n) is 12.8. The van der Waals surface area contributed by atoms with Crippen LogP contribution in [0.25, 0.3) is 0 Å². The van der Waals surface area contributed by atoms with Crippen LogP contribution in [0.2, 0.25) is 0 Å². The van der Waals surface area contributed by atoms with Crippen molar-refractivity contribution in [3.63, 3.8) is 0 Å². The van der Waals surface area contributed by atoms with Crippen LogP contribution in [0.5, 0.6) is 0 Å². The average Bonchev–Trinajstić information content (AvgIpc) is 3.06. The summed E-state index contributed by atoms with van der Waals surface area (Å²) in [4.78, 5) is 0. The summed E-state index contributed by atoms with van der Waals surface area (Å²) in [5.74, 6) is 4.11. The molecule has 0 heterocycles. The van der Waals surface area contributed by atoms with Crippen LogP contribution in [0.3, 0.4) is 0 Å². The van der Waals surface area contributed by atoms with Crippen LogP contribution in [0.4, 0.5) is 0 Å². The largest absolute Gasteiger partial charge is 2.00 e. The molecule has 0 radical (unpaired) electrons. The maximum Gasteiger partial charge on any atom is 2.00 e. The van der Waals surface area contributed by atoms with Gasteiger partial charge in [-0.2, -0.15) is 12.1 Å². The first-order chi connectivity index (χ1) is 20.5. The minimum Gasteiger partial charge on any atom is -0.343 e. The van der Waals surface area contributed by atoms with E-state index in [-0.39, 0.29) is 17.1 Å². The summed E-state index contributed by atoms with van der Waals surface area (Å²) in [5.41, 5.74) is 4.89. The Labute approximate surface area is 278 Å². The molecule has 236 valence electrons. The predicted molar refractivity (Wildman–Crippen MR) is 191 cm³/mol. The van der Waals surface area contributed by atoms with Crippen LogP contribution in [-0.4, -0.2) is 0 Å². The van der Waals surface area contributed by atoms with E-state index in [9.17, 15) is 0 Å². The van der Waals surface area contributed by atoms with E-state index in [1.807, 2.05) is 0 Å². The Balaban J connectivity index is 0.000000458. The first-order valence-corrected chi connectivity index (χ1v) is 18.3. The molecule has 0 aromatic heterocycles. The van der Waals surface area contributed by atoms with E-state index < -0.39 is 7.92 Å². The zero-order valence-corrected chi connectivity index (χ0v) is 29.6. The third kappa shape index (κ3) is 10.5. The molecule has 2 fully saturated rings. The Morgan fingerprint density at radius 3 is 1.63 bits per heavy atom. The molecule has 43 heavy (non-hydrogen) atoms. The molecule has 3 aliphatic carbocycles. The average molecular weight is 639 g/mol. The molecule has 2 aromatic rings. The molecule has 3 aliphatic rings. The van der Waals surface area contributed by atoms with Gasteiger partial charge in [-0.3, -0.25) is 0 Å². The summed E-state index contributed by atoms with van der Waals surface area (Å²) < 4.78 is 0. The third-order valence-corrected chi connectivity index (χ3v) is 13.0. The molecule has 0 saturated heterocycles. The van der Waals surface area contributed by atoms with Crippen molar-refractivity contribution in [1.29, 1.82) is 0 Å². The van der Waals surface area contributed by atoms with Gasteiger partial charge in [-0.1, -0.05) is 162 Å². The fourth-order valence-electron chi connectivity index (χ4n) is 7.93. The summed E-state index contributed by atoms with van der Waals surface area (Å²) in [6.07, 6.45) is 20.3. The van der Waals surface area contributed by atoms with E-state index in [0.29, 0.717) is 5.92 Å². The number of rotatable bonds is 10. The zero-order valence-electron chi connectivity index (χ0n) is 27.6. The van der Waals surface area contributed by atoms with E-state index >= 15 is 0 Å². The number of hydrogen-bond acceptors (Lipinski definition) is 0. The van der Waals surface area contributed by atoms with Gasteiger partial charge in [-0.15, -0.1) is 21.1 Å². The summed E-state index contributed by atoms with van der Waals surface area (Å²) in [6.45, 7) is 21.3. The standard InChI is InChI=1S/C30H40P.C9H15.C2H4.Fe/c1-3-29(31(27-20-12-6-13-21-27)28-22-14-7-15-23-28)24(2)30(25-16-8-4-9-17-25)26-18-10-5-11-19-26;1-4-5-9-6-7(2)8(9)3;1-2;/h3,6-7,12-15,20-26,30H,1,4-5,8-11,16-19H2,2H3;7H,1,4-6H2,2-3H3;1-2H2;/q2*-1;;+2/t24-;;;/m0.../s1. The zero-order chi connectivity index (χ0) is 30.3. The Morgan fingerprint density at radius 2 is 1.28 bits per heavy atom. The van der Waals surface area contributed by atoms with Crippen molar-refractivity contribution < 1.29 is 17.1 Å². The maximum atomic E-state index is 4.41. The molecule has 2 heteroatoms. The molecule has 2 atom stereocenters. The first kappa shape index (κ1) is 37.7. The topological polar surface area (TPSA) is 0 Å². The maximum absolute atomic E-state index is 4.41. The Kier molecular flexibility index (Phi) is 18.0. The summed E-state index contributed by atoms with van der Waals surface area (Å²) in [6, 6.07) is 22.5. The third-order valence-electron chi connectivity index (χ3n) is 10.3. The number of allylic oxidation sites excluding steroid dienone is 3. The fourth-order valence-corrected chi connectivity index (χ4v) is 10.5. The Hall–Kier alpha value is -1.52. The van der Waals surface area contributed by atoms with Crippen molar-refractivity contribution in [3.8, 4) is 0 Å². The van der Waals surface area contributed by atoms with Crippen molar-refractivity contribution in [3.05, 3.63) is 110 Å². The Morgan fingerprint density at radius 1 is 0.837 bits per heavy atom. The van der Waals surface area contributed by atoms with E-state index in [1.54, 1.807) is 16.8 Å². The number of hydrogen-bond donors (Lipinski definition) is 0. The van der Waals surface area contributed by atoms with Gasteiger partial charge in [0.2, 0.25) is 0 Å². The van der Waals surface area contributed by atoms with Crippen LogP contribution in [-0.2, 0) is 17.1 Å². The normalized spacial score (nSPS) is 19.6. The summed E-state index contributed by atoms with van der Waals surface area (Å²) in [5, 5.41) is 2.94. The molecule has 0 amide bonds. The van der Waals surface area contributed by atoms with Crippen molar-refractivity contribution in [2.45, 2.75) is 104 Å². The smallest absolute Gasteiger partial charge is 0.343 e. The van der Waals surface area contributed by atoms with Gasteiger partial charge in [0, 0.05) is 0 Å². The molecule has 2 aromatic carbocycles. The minimum absolute atomic E-state index is 0. The van der Waals surface area contributed by atoms with E-state index in [2.05, 4.69) is 114 Å². The second kappa shape index (κ2) is 20.5. The van der Waals surface area contributed by atoms with E-state index in [0.717, 1.165) is 30.1 Å². The van der Waals surface area contributed by atoms with Crippen LogP contribution >= 0.6 is 7.92 Å². The van der Waals surface area contributed by atoms with Gasteiger partial charge in [0.15, 0.2) is 0 Å².